The molecule has 1 aliphatic heterocycles. The van der Waals surface area contributed by atoms with E-state index in [4.69, 9.17) is 22.1 Å². The van der Waals surface area contributed by atoms with Crippen LogP contribution in [-0.2, 0) is 11.2 Å². The lowest BCUT2D eigenvalue weighted by atomic mass is 10.1. The van der Waals surface area contributed by atoms with Crippen LogP contribution in [0.1, 0.15) is 12.0 Å². The van der Waals surface area contributed by atoms with Crippen molar-refractivity contribution in [1.82, 2.24) is 0 Å². The summed E-state index contributed by atoms with van der Waals surface area (Å²) >= 11 is 5.91. The summed E-state index contributed by atoms with van der Waals surface area (Å²) in [7, 11) is 0. The van der Waals surface area contributed by atoms with Gasteiger partial charge < -0.3 is 10.5 Å². The van der Waals surface area contributed by atoms with Gasteiger partial charge in [-0.15, -0.1) is 0 Å². The number of benzene rings is 1. The molecular weight excluding hydrogens is 231 g/mol. The van der Waals surface area contributed by atoms with Gasteiger partial charge in [0.15, 0.2) is 0 Å². The lowest BCUT2D eigenvalue weighted by Crippen LogP contribution is -2.10. The van der Waals surface area contributed by atoms with Gasteiger partial charge in [0.05, 0.1) is 6.04 Å². The van der Waals surface area contributed by atoms with Gasteiger partial charge in [0.25, 0.3) is 6.02 Å². The van der Waals surface area contributed by atoms with Crippen molar-refractivity contribution >= 4 is 17.6 Å². The van der Waals surface area contributed by atoms with Crippen molar-refractivity contribution in [1.29, 1.82) is 0 Å². The van der Waals surface area contributed by atoms with Crippen molar-refractivity contribution in [3.8, 4) is 0 Å². The highest BCUT2D eigenvalue weighted by atomic mass is 35.5. The number of nitrogens with two attached hydrogens (primary N) is 1. The van der Waals surface area contributed by atoms with Gasteiger partial charge >= 0.3 is 0 Å². The molecule has 0 fully saturated rings. The standard InChI is InChI=1S/C11H12ClFN2O/c12-10-5-8(13)3-1-7(10)2-4-9-6-16-11(14)15-9/h1,3,5,9H,2,4,6H2,(H2,14,15). The zero-order chi connectivity index (χ0) is 11.5. The first-order valence-electron chi connectivity index (χ1n) is 5.05. The predicted octanol–water partition coefficient (Wildman–Crippen LogP) is 2.13. The first kappa shape index (κ1) is 11.2. The van der Waals surface area contributed by atoms with E-state index in [0.29, 0.717) is 11.6 Å². The Morgan fingerprint density at radius 1 is 1.56 bits per heavy atom. The smallest absolute Gasteiger partial charge is 0.282 e. The first-order valence-corrected chi connectivity index (χ1v) is 5.43. The van der Waals surface area contributed by atoms with Crippen LogP contribution in [0.15, 0.2) is 23.2 Å². The van der Waals surface area contributed by atoms with E-state index in [9.17, 15) is 4.39 Å². The van der Waals surface area contributed by atoms with Crippen LogP contribution in [0.2, 0.25) is 5.02 Å². The summed E-state index contributed by atoms with van der Waals surface area (Å²) < 4.78 is 17.8. The largest absolute Gasteiger partial charge is 0.463 e. The predicted molar refractivity (Wildman–Crippen MR) is 61.1 cm³/mol. The van der Waals surface area contributed by atoms with E-state index in [1.165, 1.54) is 12.1 Å². The third-order valence-electron chi connectivity index (χ3n) is 2.50. The highest BCUT2D eigenvalue weighted by Gasteiger charge is 2.16. The molecule has 1 heterocycles. The summed E-state index contributed by atoms with van der Waals surface area (Å²) in [5.41, 5.74) is 6.32. The summed E-state index contributed by atoms with van der Waals surface area (Å²) in [6, 6.07) is 4.75. The molecule has 3 nitrogen and oxygen atoms in total. The van der Waals surface area contributed by atoms with Crippen molar-refractivity contribution in [3.63, 3.8) is 0 Å². The second-order valence-electron chi connectivity index (χ2n) is 3.71. The fourth-order valence-electron chi connectivity index (χ4n) is 1.63. The van der Waals surface area contributed by atoms with Gasteiger partial charge in [0.1, 0.15) is 12.4 Å². The fraction of sp³-hybridized carbons (Fsp3) is 0.364. The number of rotatable bonds is 3. The third-order valence-corrected chi connectivity index (χ3v) is 2.85. The SMILES string of the molecule is NC1=NC(CCc2ccc(F)cc2Cl)CO1. The molecule has 1 aliphatic rings. The number of hydrogen-bond donors (Lipinski definition) is 1. The maximum atomic E-state index is 12.8. The molecule has 1 atom stereocenters. The maximum Gasteiger partial charge on any atom is 0.282 e. The van der Waals surface area contributed by atoms with Gasteiger partial charge in [-0.05, 0) is 30.5 Å². The second-order valence-corrected chi connectivity index (χ2v) is 4.11. The van der Waals surface area contributed by atoms with E-state index >= 15 is 0 Å². The number of nitrogens with zero attached hydrogens (tertiary/aromatic N) is 1. The van der Waals surface area contributed by atoms with Gasteiger partial charge in [-0.3, -0.25) is 0 Å². The fourth-order valence-corrected chi connectivity index (χ4v) is 1.89. The van der Waals surface area contributed by atoms with Crippen molar-refractivity contribution in [3.05, 3.63) is 34.6 Å². The molecular formula is C11H12ClFN2O. The summed E-state index contributed by atoms with van der Waals surface area (Å²) in [5, 5.41) is 0.455. The van der Waals surface area contributed by atoms with Gasteiger partial charge in [-0.2, -0.15) is 0 Å². The lowest BCUT2D eigenvalue weighted by molar-refractivity contribution is 0.308. The van der Waals surface area contributed by atoms with Crippen LogP contribution in [0.5, 0.6) is 0 Å². The summed E-state index contributed by atoms with van der Waals surface area (Å²) in [6.45, 7) is 0.518. The van der Waals surface area contributed by atoms with Crippen molar-refractivity contribution in [2.45, 2.75) is 18.9 Å². The Balaban J connectivity index is 1.95. The second kappa shape index (κ2) is 4.70. The number of amidine groups is 1. The molecule has 16 heavy (non-hydrogen) atoms. The minimum atomic E-state index is -0.319. The zero-order valence-corrected chi connectivity index (χ0v) is 9.38. The van der Waals surface area contributed by atoms with E-state index < -0.39 is 0 Å². The lowest BCUT2D eigenvalue weighted by Gasteiger charge is -2.06. The van der Waals surface area contributed by atoms with E-state index in [1.54, 1.807) is 6.07 Å². The molecule has 1 aromatic carbocycles. The molecule has 0 radical (unpaired) electrons. The van der Waals surface area contributed by atoms with Gasteiger partial charge in [0.2, 0.25) is 0 Å². The molecule has 0 amide bonds. The number of aryl methyl sites for hydroxylation is 1. The number of hydrogen-bond acceptors (Lipinski definition) is 3. The van der Waals surface area contributed by atoms with Crippen LogP contribution in [-0.4, -0.2) is 18.7 Å². The highest BCUT2D eigenvalue weighted by molar-refractivity contribution is 6.31. The number of aliphatic imine (C=N–C) groups is 1. The average molecular weight is 243 g/mol. The van der Waals surface area contributed by atoms with Gasteiger partial charge in [0, 0.05) is 5.02 Å². The molecule has 2 N–H and O–H groups in total. The van der Waals surface area contributed by atoms with E-state index in [2.05, 4.69) is 4.99 Å². The molecule has 2 rings (SSSR count). The van der Waals surface area contributed by atoms with E-state index in [-0.39, 0.29) is 17.9 Å². The topological polar surface area (TPSA) is 47.6 Å². The molecule has 0 saturated carbocycles. The molecule has 1 aromatic rings. The van der Waals surface area contributed by atoms with Crippen molar-refractivity contribution < 1.29 is 9.13 Å². The third kappa shape index (κ3) is 2.64. The molecule has 0 aromatic heterocycles. The Hall–Kier alpha value is -1.29. The molecule has 0 saturated heterocycles. The molecule has 0 aliphatic carbocycles. The Kier molecular flexibility index (Phi) is 3.29. The minimum Gasteiger partial charge on any atom is -0.463 e. The Morgan fingerprint density at radius 2 is 2.38 bits per heavy atom. The van der Waals surface area contributed by atoms with Crippen LogP contribution in [0, 0.1) is 5.82 Å². The van der Waals surface area contributed by atoms with Crippen molar-refractivity contribution in [2.24, 2.45) is 10.7 Å². The first-order chi connectivity index (χ1) is 7.65. The normalized spacial score (nSPS) is 19.4. The van der Waals surface area contributed by atoms with Crippen molar-refractivity contribution in [2.75, 3.05) is 6.61 Å². The van der Waals surface area contributed by atoms with Gasteiger partial charge in [-0.25, -0.2) is 9.38 Å². The Morgan fingerprint density at radius 3 is 3.00 bits per heavy atom. The molecule has 1 unspecified atom stereocenters. The van der Waals surface area contributed by atoms with E-state index in [1.807, 2.05) is 0 Å². The van der Waals surface area contributed by atoms with Crippen LogP contribution in [0.3, 0.4) is 0 Å². The minimum absolute atomic E-state index is 0.0844. The number of ether oxygens (including phenoxy) is 1. The zero-order valence-electron chi connectivity index (χ0n) is 8.62. The number of halogens is 2. The highest BCUT2D eigenvalue weighted by Crippen LogP contribution is 2.20. The molecule has 0 bridgehead atoms. The quantitative estimate of drug-likeness (QED) is 0.883. The monoisotopic (exact) mass is 242 g/mol. The molecule has 0 spiro atoms. The summed E-state index contributed by atoms with van der Waals surface area (Å²) in [5.74, 6) is -0.319. The van der Waals surface area contributed by atoms with E-state index in [0.717, 1.165) is 18.4 Å². The average Bonchev–Trinajstić information content (AvgIpc) is 2.63. The Labute approximate surface area is 98.1 Å². The van der Waals surface area contributed by atoms with Crippen LogP contribution < -0.4 is 5.73 Å². The summed E-state index contributed by atoms with van der Waals surface area (Å²) in [4.78, 5) is 4.11. The van der Waals surface area contributed by atoms with Gasteiger partial charge in [-0.1, -0.05) is 17.7 Å². The van der Waals surface area contributed by atoms with Crippen LogP contribution in [0.4, 0.5) is 4.39 Å². The summed E-state index contributed by atoms with van der Waals surface area (Å²) in [6.07, 6.45) is 1.54. The van der Waals surface area contributed by atoms with Crippen LogP contribution in [0.25, 0.3) is 0 Å². The molecule has 86 valence electrons. The van der Waals surface area contributed by atoms with Crippen LogP contribution >= 0.6 is 11.6 Å². The maximum absolute atomic E-state index is 12.8. The molecule has 5 heteroatoms. The Bertz CT molecular complexity index is 422.